The van der Waals surface area contributed by atoms with E-state index in [2.05, 4.69) is 35.2 Å². The summed E-state index contributed by atoms with van der Waals surface area (Å²) in [4.78, 5) is 6.54. The maximum atomic E-state index is 4.36. The predicted octanol–water partition coefficient (Wildman–Crippen LogP) is 1.25. The summed E-state index contributed by atoms with van der Waals surface area (Å²) in [6, 6.07) is 2.14. The van der Waals surface area contributed by atoms with Gasteiger partial charge in [-0.25, -0.2) is 4.98 Å². The number of rotatable bonds is 0. The van der Waals surface area contributed by atoms with Crippen molar-refractivity contribution >= 4 is 11.5 Å². The minimum absolute atomic E-state index is 1.01. The highest BCUT2D eigenvalue weighted by Gasteiger charge is 2.13. The van der Waals surface area contributed by atoms with E-state index in [0.717, 1.165) is 24.6 Å². The lowest BCUT2D eigenvalue weighted by molar-refractivity contribution is 0.862. The summed E-state index contributed by atoms with van der Waals surface area (Å²) in [7, 11) is 2.07. The van der Waals surface area contributed by atoms with E-state index in [1.807, 2.05) is 6.20 Å². The lowest BCUT2D eigenvalue weighted by Gasteiger charge is -2.27. The zero-order chi connectivity index (χ0) is 8.55. The quantitative estimate of drug-likeness (QED) is 0.624. The predicted molar refractivity (Wildman–Crippen MR) is 50.7 cm³/mol. The molecule has 0 saturated carbocycles. The van der Waals surface area contributed by atoms with Crippen molar-refractivity contribution in [3.63, 3.8) is 0 Å². The summed E-state index contributed by atoms with van der Waals surface area (Å²) < 4.78 is 0. The summed E-state index contributed by atoms with van der Waals surface area (Å²) in [5, 5.41) is 3.33. The average Bonchev–Trinajstić information content (AvgIpc) is 2.04. The number of anilines is 2. The Bertz CT molecular complexity index is 296. The fourth-order valence-electron chi connectivity index (χ4n) is 1.46. The summed E-state index contributed by atoms with van der Waals surface area (Å²) in [5.74, 6) is 1.06. The molecule has 12 heavy (non-hydrogen) atoms. The molecule has 2 heterocycles. The van der Waals surface area contributed by atoms with Gasteiger partial charge in [-0.3, -0.25) is 0 Å². The fraction of sp³-hybridized carbons (Fsp3) is 0.444. The Morgan fingerprint density at radius 2 is 2.42 bits per heavy atom. The van der Waals surface area contributed by atoms with E-state index in [-0.39, 0.29) is 0 Å². The molecule has 0 aliphatic carbocycles. The van der Waals surface area contributed by atoms with Gasteiger partial charge in [-0.05, 0) is 18.6 Å². The fourth-order valence-corrected chi connectivity index (χ4v) is 1.46. The van der Waals surface area contributed by atoms with E-state index in [1.165, 1.54) is 5.56 Å². The topological polar surface area (TPSA) is 28.2 Å². The zero-order valence-electron chi connectivity index (χ0n) is 7.46. The number of likely N-dealkylation sites (N-methyl/N-ethyl adjacent to an activating group) is 1. The molecular formula is C9H13N3. The van der Waals surface area contributed by atoms with E-state index >= 15 is 0 Å². The lowest BCUT2D eigenvalue weighted by atomic mass is 10.2. The average molecular weight is 163 g/mol. The molecule has 3 heteroatoms. The first-order valence-corrected chi connectivity index (χ1v) is 4.19. The van der Waals surface area contributed by atoms with Gasteiger partial charge in [-0.1, -0.05) is 0 Å². The number of pyridine rings is 1. The van der Waals surface area contributed by atoms with Crippen molar-refractivity contribution in [1.82, 2.24) is 4.98 Å². The number of aryl methyl sites for hydroxylation is 1. The molecule has 64 valence electrons. The molecule has 0 aromatic carbocycles. The molecule has 1 aliphatic heterocycles. The van der Waals surface area contributed by atoms with Gasteiger partial charge >= 0.3 is 0 Å². The molecular weight excluding hydrogens is 150 g/mol. The van der Waals surface area contributed by atoms with Crippen molar-refractivity contribution < 1.29 is 0 Å². The normalized spacial score (nSPS) is 15.3. The summed E-state index contributed by atoms with van der Waals surface area (Å²) >= 11 is 0. The highest BCUT2D eigenvalue weighted by Crippen LogP contribution is 2.25. The van der Waals surface area contributed by atoms with Gasteiger partial charge in [-0.15, -0.1) is 0 Å². The third kappa shape index (κ3) is 1.11. The van der Waals surface area contributed by atoms with Gasteiger partial charge in [0, 0.05) is 26.3 Å². The van der Waals surface area contributed by atoms with Crippen LogP contribution in [0.2, 0.25) is 0 Å². The van der Waals surface area contributed by atoms with Crippen LogP contribution in [0.5, 0.6) is 0 Å². The zero-order valence-corrected chi connectivity index (χ0v) is 7.46. The lowest BCUT2D eigenvalue weighted by Crippen LogP contribution is -2.31. The van der Waals surface area contributed by atoms with Crippen LogP contribution < -0.4 is 10.2 Å². The molecule has 0 unspecified atom stereocenters. The highest BCUT2D eigenvalue weighted by atomic mass is 15.2. The van der Waals surface area contributed by atoms with Crippen LogP contribution in [0.3, 0.4) is 0 Å². The molecule has 0 bridgehead atoms. The minimum Gasteiger partial charge on any atom is -0.380 e. The molecule has 0 amide bonds. The maximum absolute atomic E-state index is 4.36. The van der Waals surface area contributed by atoms with E-state index in [4.69, 9.17) is 0 Å². The Hall–Kier alpha value is -1.25. The van der Waals surface area contributed by atoms with Crippen molar-refractivity contribution in [2.75, 3.05) is 30.4 Å². The van der Waals surface area contributed by atoms with E-state index in [9.17, 15) is 0 Å². The molecule has 1 aromatic heterocycles. The summed E-state index contributed by atoms with van der Waals surface area (Å²) in [6.45, 7) is 4.10. The first kappa shape index (κ1) is 7.40. The van der Waals surface area contributed by atoms with E-state index in [1.54, 1.807) is 0 Å². The second-order valence-corrected chi connectivity index (χ2v) is 3.23. The first-order chi connectivity index (χ1) is 5.77. The molecule has 0 radical (unpaired) electrons. The number of hydrogen-bond donors (Lipinski definition) is 1. The first-order valence-electron chi connectivity index (χ1n) is 4.19. The van der Waals surface area contributed by atoms with Crippen LogP contribution in [0.4, 0.5) is 11.5 Å². The van der Waals surface area contributed by atoms with Crippen LogP contribution >= 0.6 is 0 Å². The molecule has 1 N–H and O–H groups in total. The van der Waals surface area contributed by atoms with Gasteiger partial charge in [0.05, 0.1) is 5.69 Å². The molecule has 1 aliphatic rings. The van der Waals surface area contributed by atoms with Crippen LogP contribution in [0.25, 0.3) is 0 Å². The molecule has 0 atom stereocenters. The van der Waals surface area contributed by atoms with Gasteiger partial charge < -0.3 is 10.2 Å². The Kier molecular flexibility index (Phi) is 1.64. The molecule has 0 spiro atoms. The van der Waals surface area contributed by atoms with E-state index < -0.39 is 0 Å². The molecule has 1 aromatic rings. The van der Waals surface area contributed by atoms with Crippen molar-refractivity contribution in [3.8, 4) is 0 Å². The third-order valence-corrected chi connectivity index (χ3v) is 2.13. The molecule has 0 fully saturated rings. The van der Waals surface area contributed by atoms with E-state index in [0.29, 0.717) is 0 Å². The molecule has 3 nitrogen and oxygen atoms in total. The minimum atomic E-state index is 1.01. The van der Waals surface area contributed by atoms with Crippen LogP contribution in [-0.2, 0) is 0 Å². The van der Waals surface area contributed by atoms with Crippen LogP contribution in [0, 0.1) is 6.92 Å². The summed E-state index contributed by atoms with van der Waals surface area (Å²) in [6.07, 6.45) is 1.91. The van der Waals surface area contributed by atoms with Crippen LogP contribution in [0.15, 0.2) is 12.3 Å². The van der Waals surface area contributed by atoms with Crippen molar-refractivity contribution in [3.05, 3.63) is 17.8 Å². The SMILES string of the molecule is Cc1cnc2c(c1)NCCN2C. The number of aromatic nitrogens is 1. The van der Waals surface area contributed by atoms with Crippen molar-refractivity contribution in [2.45, 2.75) is 6.92 Å². The second kappa shape index (κ2) is 2.66. The van der Waals surface area contributed by atoms with Crippen LogP contribution in [-0.4, -0.2) is 25.1 Å². The monoisotopic (exact) mass is 163 g/mol. The molecule has 0 saturated heterocycles. The maximum Gasteiger partial charge on any atom is 0.151 e. The Labute approximate surface area is 72.4 Å². The standard InChI is InChI=1S/C9H13N3/c1-7-5-8-9(11-6-7)12(2)4-3-10-8/h5-6,10H,3-4H2,1-2H3. The number of nitrogens with zero attached hydrogens (tertiary/aromatic N) is 2. The summed E-state index contributed by atoms with van der Waals surface area (Å²) in [5.41, 5.74) is 2.36. The van der Waals surface area contributed by atoms with Gasteiger partial charge in [-0.2, -0.15) is 0 Å². The van der Waals surface area contributed by atoms with Gasteiger partial charge in [0.25, 0.3) is 0 Å². The van der Waals surface area contributed by atoms with Gasteiger partial charge in [0.1, 0.15) is 0 Å². The Morgan fingerprint density at radius 1 is 1.58 bits per heavy atom. The Balaban J connectivity index is 2.46. The highest BCUT2D eigenvalue weighted by molar-refractivity contribution is 5.68. The molecule has 2 rings (SSSR count). The van der Waals surface area contributed by atoms with Crippen LogP contribution in [0.1, 0.15) is 5.56 Å². The Morgan fingerprint density at radius 3 is 3.25 bits per heavy atom. The number of hydrogen-bond acceptors (Lipinski definition) is 3. The smallest absolute Gasteiger partial charge is 0.151 e. The van der Waals surface area contributed by atoms with Crippen molar-refractivity contribution in [1.29, 1.82) is 0 Å². The largest absolute Gasteiger partial charge is 0.380 e. The third-order valence-electron chi connectivity index (χ3n) is 2.13. The number of fused-ring (bicyclic) bond motifs is 1. The van der Waals surface area contributed by atoms with Gasteiger partial charge in [0.2, 0.25) is 0 Å². The second-order valence-electron chi connectivity index (χ2n) is 3.23. The van der Waals surface area contributed by atoms with Gasteiger partial charge in [0.15, 0.2) is 5.82 Å². The van der Waals surface area contributed by atoms with Crippen molar-refractivity contribution in [2.24, 2.45) is 0 Å². The number of nitrogens with one attached hydrogen (secondary N) is 1.